The largest absolute Gasteiger partial charge is 0.303 e. The van der Waals surface area contributed by atoms with Crippen LogP contribution in [0.1, 0.15) is 52.4 Å². The van der Waals surface area contributed by atoms with Crippen LogP contribution in [0.5, 0.6) is 0 Å². The van der Waals surface area contributed by atoms with Crippen LogP contribution in [0.2, 0.25) is 0 Å². The van der Waals surface area contributed by atoms with Crippen LogP contribution in [0, 0.1) is 5.92 Å². The van der Waals surface area contributed by atoms with E-state index in [1.54, 1.807) is 0 Å². The van der Waals surface area contributed by atoms with Crippen molar-refractivity contribution in [1.82, 2.24) is 4.90 Å². The van der Waals surface area contributed by atoms with E-state index in [0.29, 0.717) is 0 Å². The number of hydrogen-bond donors (Lipinski definition) is 0. The monoisotopic (exact) mass is 183 g/mol. The van der Waals surface area contributed by atoms with Gasteiger partial charge in [-0.05, 0) is 51.2 Å². The summed E-state index contributed by atoms with van der Waals surface area (Å²) in [7, 11) is 0. The van der Waals surface area contributed by atoms with Gasteiger partial charge in [-0.3, -0.25) is 0 Å². The lowest BCUT2D eigenvalue weighted by atomic mass is 10.0. The summed E-state index contributed by atoms with van der Waals surface area (Å²) in [5.41, 5.74) is 0. The van der Waals surface area contributed by atoms with Crippen LogP contribution < -0.4 is 0 Å². The minimum absolute atomic E-state index is 0.935. The molecule has 0 N–H and O–H groups in total. The van der Waals surface area contributed by atoms with Crippen molar-refractivity contribution >= 4 is 0 Å². The highest BCUT2D eigenvalue weighted by Crippen LogP contribution is 2.13. The third-order valence-corrected chi connectivity index (χ3v) is 3.32. The summed E-state index contributed by atoms with van der Waals surface area (Å²) in [6.07, 6.45) is 8.51. The molecular formula is C12H25N. The fourth-order valence-corrected chi connectivity index (χ4v) is 2.05. The van der Waals surface area contributed by atoms with Crippen molar-refractivity contribution in [3.63, 3.8) is 0 Å². The van der Waals surface area contributed by atoms with Gasteiger partial charge in [0.1, 0.15) is 0 Å². The molecule has 78 valence electrons. The lowest BCUT2D eigenvalue weighted by Gasteiger charge is -2.26. The fraction of sp³-hybridized carbons (Fsp3) is 1.00. The van der Waals surface area contributed by atoms with Crippen LogP contribution >= 0.6 is 0 Å². The van der Waals surface area contributed by atoms with Crippen LogP contribution in [0.3, 0.4) is 0 Å². The van der Waals surface area contributed by atoms with Crippen molar-refractivity contribution in [1.29, 1.82) is 0 Å². The van der Waals surface area contributed by atoms with Gasteiger partial charge in [-0.25, -0.2) is 0 Å². The second kappa shape index (κ2) is 6.42. The van der Waals surface area contributed by atoms with Crippen molar-refractivity contribution < 1.29 is 0 Å². The van der Waals surface area contributed by atoms with E-state index in [2.05, 4.69) is 18.7 Å². The molecule has 1 saturated heterocycles. The molecule has 1 fully saturated rings. The fourth-order valence-electron chi connectivity index (χ4n) is 2.05. The van der Waals surface area contributed by atoms with Gasteiger partial charge in [0.05, 0.1) is 0 Å². The summed E-state index contributed by atoms with van der Waals surface area (Å²) < 4.78 is 0. The zero-order valence-electron chi connectivity index (χ0n) is 9.39. The molecule has 0 spiro atoms. The standard InChI is InChI=1S/C12H25N/c1-3-12(2)8-7-11-13-9-5-4-6-10-13/h12H,3-11H2,1-2H3/t12-/m0/s1. The van der Waals surface area contributed by atoms with E-state index < -0.39 is 0 Å². The smallest absolute Gasteiger partial charge is 0.00186 e. The second-order valence-electron chi connectivity index (χ2n) is 4.56. The molecule has 0 aromatic heterocycles. The molecule has 1 atom stereocenters. The molecule has 0 amide bonds. The Morgan fingerprint density at radius 1 is 1.15 bits per heavy atom. The molecule has 0 aromatic rings. The third kappa shape index (κ3) is 4.66. The molecule has 0 unspecified atom stereocenters. The topological polar surface area (TPSA) is 3.24 Å². The van der Waals surface area contributed by atoms with Crippen LogP contribution in [0.15, 0.2) is 0 Å². The van der Waals surface area contributed by atoms with Crippen LogP contribution in [-0.2, 0) is 0 Å². The van der Waals surface area contributed by atoms with Gasteiger partial charge in [-0.15, -0.1) is 0 Å². The highest BCUT2D eigenvalue weighted by atomic mass is 15.1. The first-order valence-corrected chi connectivity index (χ1v) is 6.05. The minimum Gasteiger partial charge on any atom is -0.303 e. The summed E-state index contributed by atoms with van der Waals surface area (Å²) in [6.45, 7) is 8.74. The highest BCUT2D eigenvalue weighted by Gasteiger charge is 2.09. The van der Waals surface area contributed by atoms with E-state index in [0.717, 1.165) is 5.92 Å². The Hall–Kier alpha value is -0.0400. The summed E-state index contributed by atoms with van der Waals surface area (Å²) in [6, 6.07) is 0. The third-order valence-electron chi connectivity index (χ3n) is 3.32. The highest BCUT2D eigenvalue weighted by molar-refractivity contribution is 4.64. The Balaban J connectivity index is 1.98. The lowest BCUT2D eigenvalue weighted by Crippen LogP contribution is -2.30. The molecule has 1 aliphatic heterocycles. The molecular weight excluding hydrogens is 158 g/mol. The van der Waals surface area contributed by atoms with E-state index >= 15 is 0 Å². The van der Waals surface area contributed by atoms with Crippen LogP contribution in [-0.4, -0.2) is 24.5 Å². The van der Waals surface area contributed by atoms with Crippen molar-refractivity contribution in [2.45, 2.75) is 52.4 Å². The maximum absolute atomic E-state index is 2.64. The molecule has 1 rings (SSSR count). The Bertz CT molecular complexity index is 116. The van der Waals surface area contributed by atoms with Gasteiger partial charge >= 0.3 is 0 Å². The van der Waals surface area contributed by atoms with E-state index in [4.69, 9.17) is 0 Å². The van der Waals surface area contributed by atoms with Crippen molar-refractivity contribution in [3.8, 4) is 0 Å². The number of rotatable bonds is 5. The van der Waals surface area contributed by atoms with E-state index in [1.807, 2.05) is 0 Å². The van der Waals surface area contributed by atoms with Gasteiger partial charge in [-0.1, -0.05) is 26.7 Å². The van der Waals surface area contributed by atoms with Crippen molar-refractivity contribution in [3.05, 3.63) is 0 Å². The second-order valence-corrected chi connectivity index (χ2v) is 4.56. The van der Waals surface area contributed by atoms with E-state index in [-0.39, 0.29) is 0 Å². The lowest BCUT2D eigenvalue weighted by molar-refractivity contribution is 0.220. The first-order valence-electron chi connectivity index (χ1n) is 6.05. The first-order chi connectivity index (χ1) is 6.33. The number of likely N-dealkylation sites (tertiary alicyclic amines) is 1. The van der Waals surface area contributed by atoms with Crippen molar-refractivity contribution in [2.24, 2.45) is 5.92 Å². The van der Waals surface area contributed by atoms with Gasteiger partial charge in [0.15, 0.2) is 0 Å². The predicted octanol–water partition coefficient (Wildman–Crippen LogP) is 3.30. The average molecular weight is 183 g/mol. The molecule has 1 heterocycles. The van der Waals surface area contributed by atoms with E-state index in [1.165, 1.54) is 58.2 Å². The van der Waals surface area contributed by atoms with Crippen molar-refractivity contribution in [2.75, 3.05) is 19.6 Å². The molecule has 0 saturated carbocycles. The van der Waals surface area contributed by atoms with Gasteiger partial charge in [0, 0.05) is 0 Å². The quantitative estimate of drug-likeness (QED) is 0.632. The number of piperidine rings is 1. The normalized spacial score (nSPS) is 21.7. The summed E-state index contributed by atoms with van der Waals surface area (Å²) in [5.74, 6) is 0.935. The predicted molar refractivity (Wildman–Crippen MR) is 59.0 cm³/mol. The number of hydrogen-bond acceptors (Lipinski definition) is 1. The summed E-state index contributed by atoms with van der Waals surface area (Å²) >= 11 is 0. The van der Waals surface area contributed by atoms with Crippen LogP contribution in [0.4, 0.5) is 0 Å². The van der Waals surface area contributed by atoms with E-state index in [9.17, 15) is 0 Å². The zero-order chi connectivity index (χ0) is 9.52. The Kier molecular flexibility index (Phi) is 5.45. The SMILES string of the molecule is CC[C@H](C)CCCN1CCCCC1. The van der Waals surface area contributed by atoms with Gasteiger partial charge in [0.2, 0.25) is 0 Å². The Morgan fingerprint density at radius 3 is 2.46 bits per heavy atom. The Morgan fingerprint density at radius 2 is 1.85 bits per heavy atom. The molecule has 13 heavy (non-hydrogen) atoms. The molecule has 0 aliphatic carbocycles. The summed E-state index contributed by atoms with van der Waals surface area (Å²) in [5, 5.41) is 0. The maximum Gasteiger partial charge on any atom is -0.00186 e. The zero-order valence-corrected chi connectivity index (χ0v) is 9.39. The molecule has 1 heteroatoms. The summed E-state index contributed by atoms with van der Waals surface area (Å²) in [4.78, 5) is 2.64. The van der Waals surface area contributed by atoms with Gasteiger partial charge < -0.3 is 4.90 Å². The Labute approximate surface area is 83.5 Å². The minimum atomic E-state index is 0.935. The molecule has 1 aliphatic rings. The van der Waals surface area contributed by atoms with Crippen LogP contribution in [0.25, 0.3) is 0 Å². The van der Waals surface area contributed by atoms with Gasteiger partial charge in [-0.2, -0.15) is 0 Å². The first kappa shape index (κ1) is 11.0. The maximum atomic E-state index is 2.64. The molecule has 0 bridgehead atoms. The van der Waals surface area contributed by atoms with Gasteiger partial charge in [0.25, 0.3) is 0 Å². The average Bonchev–Trinajstić information content (AvgIpc) is 2.19. The number of nitrogens with zero attached hydrogens (tertiary/aromatic N) is 1. The molecule has 0 aromatic carbocycles. The molecule has 1 nitrogen and oxygen atoms in total. The molecule has 0 radical (unpaired) electrons.